The molecular weight excluding hydrogens is 548 g/mol. The van der Waals surface area contributed by atoms with Crippen LogP contribution < -0.4 is 9.47 Å². The van der Waals surface area contributed by atoms with Gasteiger partial charge in [-0.1, -0.05) is 102 Å². The largest absolute Gasteiger partial charge is 0.426 e. The van der Waals surface area contributed by atoms with E-state index in [1.54, 1.807) is 0 Å². The van der Waals surface area contributed by atoms with Crippen LogP contribution in [-0.4, -0.2) is 19.0 Å². The second kappa shape index (κ2) is 11.0. The van der Waals surface area contributed by atoms with Crippen molar-refractivity contribution in [3.05, 3.63) is 129 Å². The summed E-state index contributed by atoms with van der Waals surface area (Å²) in [5.41, 5.74) is 14.2. The van der Waals surface area contributed by atoms with Crippen molar-refractivity contribution < 1.29 is 9.36 Å². The van der Waals surface area contributed by atoms with Crippen LogP contribution in [0.15, 0.2) is 79.0 Å². The number of hydrogen-bond donors (Lipinski definition) is 0. The Hall–Kier alpha value is -4.24. The minimum Gasteiger partial charge on any atom is -0.371 e. The summed E-state index contributed by atoms with van der Waals surface area (Å²) in [6, 6.07) is 26.4. The Kier molecular flexibility index (Phi) is 7.19. The molecule has 0 radical (unpaired) electrons. The quantitative estimate of drug-likeness (QED) is 0.221. The molecule has 0 spiro atoms. The molecule has 228 valence electrons. The monoisotopic (exact) mass is 593 g/mol. The number of aromatic nitrogens is 1. The topological polar surface area (TPSA) is 24.2 Å². The summed E-state index contributed by atoms with van der Waals surface area (Å²) in [5.74, 6) is 0.0253. The van der Waals surface area contributed by atoms with E-state index in [0.29, 0.717) is 0 Å². The summed E-state index contributed by atoms with van der Waals surface area (Å²) < 4.78 is 1.83. The standard InChI is InChI=1S/C42H45N2O/c1-41(2,3)34-17-13-30(14-18-34)37-36-27-28(11-12-29-25-32-9-7-22-43-23-8-10-33(26-29)39(32)43)21-24-44(36)40(45)38(37)31-15-19-35(20-16-31)42(4,5)6/h11-21,24-27H,7-10,22-23H2,1-6H3/q+1. The van der Waals surface area contributed by atoms with E-state index in [4.69, 9.17) is 0 Å². The molecule has 0 atom stereocenters. The molecule has 3 nitrogen and oxygen atoms in total. The van der Waals surface area contributed by atoms with E-state index in [0.717, 1.165) is 33.5 Å². The number of fused-ring (bicyclic) bond motifs is 1. The first-order valence-corrected chi connectivity index (χ1v) is 16.6. The Bertz CT molecular complexity index is 1830. The lowest BCUT2D eigenvalue weighted by Crippen LogP contribution is -2.41. The van der Waals surface area contributed by atoms with Crippen molar-refractivity contribution in [2.75, 3.05) is 18.0 Å². The molecule has 4 heterocycles. The van der Waals surface area contributed by atoms with E-state index >= 15 is 0 Å². The molecule has 0 amide bonds. The number of rotatable bonds is 4. The number of aryl methyl sites for hydroxylation is 2. The summed E-state index contributed by atoms with van der Waals surface area (Å²) in [6.45, 7) is 15.8. The zero-order valence-corrected chi connectivity index (χ0v) is 27.7. The minimum atomic E-state index is 0.0253. The molecule has 0 N–H and O–H groups in total. The first kappa shape index (κ1) is 29.5. The zero-order valence-electron chi connectivity index (χ0n) is 27.7. The Labute approximate surface area is 268 Å². The van der Waals surface area contributed by atoms with Crippen molar-refractivity contribution in [3.63, 3.8) is 0 Å². The number of pyridine rings is 1. The van der Waals surface area contributed by atoms with Crippen molar-refractivity contribution in [3.8, 4) is 0 Å². The lowest BCUT2D eigenvalue weighted by molar-refractivity contribution is -0.568. The van der Waals surface area contributed by atoms with Crippen LogP contribution in [0.4, 0.5) is 5.69 Å². The Morgan fingerprint density at radius 3 is 1.69 bits per heavy atom. The molecule has 7 rings (SSSR count). The maximum atomic E-state index is 14.1. The highest BCUT2D eigenvalue weighted by atomic mass is 16.2. The van der Waals surface area contributed by atoms with Gasteiger partial charge in [0, 0.05) is 30.9 Å². The Balaban J connectivity index is 1.31. The third-order valence-corrected chi connectivity index (χ3v) is 9.82. The van der Waals surface area contributed by atoms with Crippen LogP contribution in [-0.2, 0) is 23.7 Å². The molecule has 0 aliphatic carbocycles. The number of hydrogen-bond acceptors (Lipinski definition) is 2. The summed E-state index contributed by atoms with van der Waals surface area (Å²) in [4.78, 5) is 16.7. The average molecular weight is 594 g/mol. The molecule has 3 aliphatic heterocycles. The maximum Gasteiger partial charge on any atom is 0.426 e. The molecule has 0 saturated carbocycles. The van der Waals surface area contributed by atoms with E-state index in [1.807, 2.05) is 10.8 Å². The van der Waals surface area contributed by atoms with Gasteiger partial charge >= 0.3 is 5.91 Å². The number of carbonyl (C=O) groups is 1. The molecule has 4 aromatic rings. The lowest BCUT2D eigenvalue weighted by atomic mass is 9.84. The van der Waals surface area contributed by atoms with Crippen LogP contribution in [0.2, 0.25) is 0 Å². The van der Waals surface area contributed by atoms with E-state index in [-0.39, 0.29) is 16.7 Å². The van der Waals surface area contributed by atoms with Crippen LogP contribution in [0.5, 0.6) is 0 Å². The molecule has 3 heteroatoms. The van der Waals surface area contributed by atoms with Gasteiger partial charge in [-0.05, 0) is 93.2 Å². The van der Waals surface area contributed by atoms with Gasteiger partial charge in [-0.25, -0.2) is 4.79 Å². The number of nitrogens with zero attached hydrogens (tertiary/aromatic N) is 2. The molecule has 45 heavy (non-hydrogen) atoms. The first-order valence-electron chi connectivity index (χ1n) is 16.6. The third kappa shape index (κ3) is 5.47. The van der Waals surface area contributed by atoms with Gasteiger partial charge in [0.15, 0.2) is 6.20 Å². The molecule has 0 fully saturated rings. The fourth-order valence-corrected chi connectivity index (χ4v) is 7.30. The van der Waals surface area contributed by atoms with Gasteiger partial charge in [-0.2, -0.15) is 0 Å². The first-order chi connectivity index (χ1) is 21.5. The molecule has 0 saturated heterocycles. The summed E-state index contributed by atoms with van der Waals surface area (Å²) in [5, 5.41) is 0. The molecule has 0 unspecified atom stereocenters. The van der Waals surface area contributed by atoms with Crippen LogP contribution >= 0.6 is 0 Å². The van der Waals surface area contributed by atoms with E-state index < -0.39 is 0 Å². The SMILES string of the molecule is CC(C)(C)c1ccc(C2=C(c3ccc(C(C)(C)C)cc3)c3cc(C=Cc4cc5c6c(c4)CCCN6CCC5)cc[n+]3C2=O)cc1. The van der Waals surface area contributed by atoms with Gasteiger partial charge < -0.3 is 4.90 Å². The number of benzene rings is 3. The van der Waals surface area contributed by atoms with Gasteiger partial charge in [0.05, 0.1) is 5.57 Å². The predicted molar refractivity (Wildman–Crippen MR) is 188 cm³/mol. The molecule has 3 aromatic carbocycles. The lowest BCUT2D eigenvalue weighted by Gasteiger charge is -2.37. The smallest absolute Gasteiger partial charge is 0.371 e. The summed E-state index contributed by atoms with van der Waals surface area (Å²) in [6.07, 6.45) is 11.2. The third-order valence-electron chi connectivity index (χ3n) is 9.82. The molecular formula is C42H45N2O+. The summed E-state index contributed by atoms with van der Waals surface area (Å²) >= 11 is 0. The van der Waals surface area contributed by atoms with Gasteiger partial charge in [-0.3, -0.25) is 0 Å². The maximum absolute atomic E-state index is 14.1. The second-order valence-electron chi connectivity index (χ2n) is 15.1. The Morgan fingerprint density at radius 2 is 1.16 bits per heavy atom. The fourth-order valence-electron chi connectivity index (χ4n) is 7.30. The van der Waals surface area contributed by atoms with Crippen molar-refractivity contribution in [1.29, 1.82) is 0 Å². The molecule has 0 bridgehead atoms. The second-order valence-corrected chi connectivity index (χ2v) is 15.1. The van der Waals surface area contributed by atoms with Crippen molar-refractivity contribution in [1.82, 2.24) is 0 Å². The highest BCUT2D eigenvalue weighted by molar-refractivity contribution is 6.28. The van der Waals surface area contributed by atoms with Gasteiger partial charge in [-0.15, -0.1) is 4.57 Å². The summed E-state index contributed by atoms with van der Waals surface area (Å²) in [7, 11) is 0. The van der Waals surface area contributed by atoms with Gasteiger partial charge in [0.25, 0.3) is 0 Å². The van der Waals surface area contributed by atoms with Gasteiger partial charge in [0.1, 0.15) is 5.57 Å². The van der Waals surface area contributed by atoms with E-state index in [2.05, 4.69) is 131 Å². The van der Waals surface area contributed by atoms with Crippen molar-refractivity contribution >= 4 is 34.9 Å². The Morgan fingerprint density at radius 1 is 0.644 bits per heavy atom. The van der Waals surface area contributed by atoms with E-state index in [1.165, 1.54) is 72.3 Å². The van der Waals surface area contributed by atoms with Crippen molar-refractivity contribution in [2.24, 2.45) is 0 Å². The van der Waals surface area contributed by atoms with Crippen LogP contribution in [0.3, 0.4) is 0 Å². The number of anilines is 1. The van der Waals surface area contributed by atoms with Crippen LogP contribution in [0.1, 0.15) is 109 Å². The molecule has 1 aromatic heterocycles. The number of carbonyl (C=O) groups excluding carboxylic acids is 1. The fraction of sp³-hybridized carbons (Fsp3) is 0.333. The highest BCUT2D eigenvalue weighted by Gasteiger charge is 2.40. The van der Waals surface area contributed by atoms with E-state index in [9.17, 15) is 4.79 Å². The normalized spacial score (nSPS) is 16.4. The van der Waals surface area contributed by atoms with Gasteiger partial charge in [0.2, 0.25) is 5.69 Å². The predicted octanol–water partition coefficient (Wildman–Crippen LogP) is 9.05. The average Bonchev–Trinajstić information content (AvgIpc) is 3.31. The highest BCUT2D eigenvalue weighted by Crippen LogP contribution is 2.39. The van der Waals surface area contributed by atoms with Crippen LogP contribution in [0, 0.1) is 0 Å². The van der Waals surface area contributed by atoms with Crippen molar-refractivity contribution in [2.45, 2.75) is 78.1 Å². The minimum absolute atomic E-state index is 0.0253. The molecule has 3 aliphatic rings. The van der Waals surface area contributed by atoms with Crippen LogP contribution in [0.25, 0.3) is 23.3 Å². The number of allylic oxidation sites excluding steroid dienone is 1. The zero-order chi connectivity index (χ0) is 31.5.